The maximum absolute atomic E-state index is 11.7. The zero-order chi connectivity index (χ0) is 15.5. The first-order valence-electron chi connectivity index (χ1n) is 6.75. The van der Waals surface area contributed by atoms with Gasteiger partial charge in [-0.25, -0.2) is 13.8 Å². The average Bonchev–Trinajstić information content (AvgIpc) is 2.88. The summed E-state index contributed by atoms with van der Waals surface area (Å²) in [5, 5.41) is 4.27. The van der Waals surface area contributed by atoms with Crippen LogP contribution >= 0.6 is 0 Å². The summed E-state index contributed by atoms with van der Waals surface area (Å²) >= 11 is 0. The molecule has 0 aliphatic heterocycles. The van der Waals surface area contributed by atoms with E-state index in [4.69, 9.17) is 5.84 Å². The first-order valence-corrected chi connectivity index (χ1v) is 8.64. The number of sulfone groups is 1. The molecule has 0 saturated carbocycles. The van der Waals surface area contributed by atoms with Crippen LogP contribution in [-0.4, -0.2) is 24.5 Å². The minimum absolute atomic E-state index is 0.279. The van der Waals surface area contributed by atoms with Gasteiger partial charge in [0.25, 0.3) is 0 Å². The van der Waals surface area contributed by atoms with Crippen molar-refractivity contribution in [2.75, 3.05) is 6.26 Å². The Morgan fingerprint density at radius 1 is 1.38 bits per heavy atom. The molecule has 2 aromatic rings. The Morgan fingerprint density at radius 2 is 2.14 bits per heavy atom. The van der Waals surface area contributed by atoms with Crippen LogP contribution < -0.4 is 11.3 Å². The van der Waals surface area contributed by atoms with E-state index >= 15 is 0 Å². The molecule has 1 aromatic heterocycles. The molecule has 0 saturated heterocycles. The number of aryl methyl sites for hydroxylation is 1. The van der Waals surface area contributed by atoms with Crippen LogP contribution in [0, 0.1) is 0 Å². The molecule has 1 unspecified atom stereocenters. The SMILES string of the molecule is CCCn1nccc1C(NN)c1cccc(S(C)(=O)=O)c1. The second-order valence-corrected chi connectivity index (χ2v) is 6.94. The van der Waals surface area contributed by atoms with Gasteiger partial charge in [0.1, 0.15) is 0 Å². The smallest absolute Gasteiger partial charge is 0.175 e. The van der Waals surface area contributed by atoms with Crippen molar-refractivity contribution in [2.45, 2.75) is 30.8 Å². The summed E-state index contributed by atoms with van der Waals surface area (Å²) in [5.41, 5.74) is 4.44. The first kappa shape index (κ1) is 15.7. The van der Waals surface area contributed by atoms with Gasteiger partial charge in [-0.05, 0) is 30.2 Å². The minimum Gasteiger partial charge on any atom is -0.271 e. The second kappa shape index (κ2) is 6.38. The Bertz CT molecular complexity index is 709. The Kier molecular flexibility index (Phi) is 4.76. The lowest BCUT2D eigenvalue weighted by atomic mass is 10.0. The van der Waals surface area contributed by atoms with Crippen LogP contribution in [0.2, 0.25) is 0 Å². The third-order valence-electron chi connectivity index (χ3n) is 3.27. The van der Waals surface area contributed by atoms with Crippen molar-refractivity contribution in [1.82, 2.24) is 15.2 Å². The van der Waals surface area contributed by atoms with E-state index in [1.54, 1.807) is 24.4 Å². The molecular weight excluding hydrogens is 288 g/mol. The molecule has 1 atom stereocenters. The van der Waals surface area contributed by atoms with Crippen LogP contribution in [0.15, 0.2) is 41.4 Å². The predicted molar refractivity (Wildman–Crippen MR) is 81.2 cm³/mol. The highest BCUT2D eigenvalue weighted by atomic mass is 32.2. The first-order chi connectivity index (χ1) is 9.97. The van der Waals surface area contributed by atoms with Gasteiger partial charge < -0.3 is 0 Å². The van der Waals surface area contributed by atoms with Crippen molar-refractivity contribution < 1.29 is 8.42 Å². The van der Waals surface area contributed by atoms with Gasteiger partial charge in [0, 0.05) is 19.0 Å². The highest BCUT2D eigenvalue weighted by Gasteiger charge is 2.18. The van der Waals surface area contributed by atoms with Crippen LogP contribution in [0.25, 0.3) is 0 Å². The molecule has 0 amide bonds. The van der Waals surface area contributed by atoms with Crippen LogP contribution in [-0.2, 0) is 16.4 Å². The Morgan fingerprint density at radius 3 is 2.76 bits per heavy atom. The molecule has 0 fully saturated rings. The van der Waals surface area contributed by atoms with Gasteiger partial charge in [0.05, 0.1) is 16.6 Å². The van der Waals surface area contributed by atoms with E-state index < -0.39 is 9.84 Å². The minimum atomic E-state index is -3.25. The molecule has 21 heavy (non-hydrogen) atoms. The van der Waals surface area contributed by atoms with Crippen molar-refractivity contribution >= 4 is 9.84 Å². The second-order valence-electron chi connectivity index (χ2n) is 4.92. The molecule has 6 nitrogen and oxygen atoms in total. The summed E-state index contributed by atoms with van der Waals surface area (Å²) < 4.78 is 25.2. The van der Waals surface area contributed by atoms with Crippen molar-refractivity contribution in [3.8, 4) is 0 Å². The molecule has 3 N–H and O–H groups in total. The van der Waals surface area contributed by atoms with Gasteiger partial charge in [0.2, 0.25) is 0 Å². The number of rotatable bonds is 6. The van der Waals surface area contributed by atoms with Gasteiger partial charge in [0.15, 0.2) is 9.84 Å². The van der Waals surface area contributed by atoms with Gasteiger partial charge in [-0.15, -0.1) is 0 Å². The number of hydrogen-bond acceptors (Lipinski definition) is 5. The van der Waals surface area contributed by atoms with Crippen LogP contribution in [0.5, 0.6) is 0 Å². The maximum Gasteiger partial charge on any atom is 0.175 e. The Hall–Kier alpha value is -1.70. The summed E-state index contributed by atoms with van der Waals surface area (Å²) in [6.45, 7) is 2.85. The molecule has 7 heteroatoms. The van der Waals surface area contributed by atoms with Crippen molar-refractivity contribution in [1.29, 1.82) is 0 Å². The van der Waals surface area contributed by atoms with Gasteiger partial charge in [-0.3, -0.25) is 10.5 Å². The van der Waals surface area contributed by atoms with Gasteiger partial charge in [-0.2, -0.15) is 5.10 Å². The number of hydrogen-bond donors (Lipinski definition) is 2. The van der Waals surface area contributed by atoms with E-state index in [1.165, 1.54) is 6.26 Å². The molecule has 0 spiro atoms. The quantitative estimate of drug-likeness (QED) is 0.619. The standard InChI is InChI=1S/C14H20N4O2S/c1-3-9-18-13(7-8-16-18)14(17-15)11-5-4-6-12(10-11)21(2,19)20/h4-8,10,14,17H,3,9,15H2,1-2H3. The average molecular weight is 308 g/mol. The van der Waals surface area contributed by atoms with E-state index in [9.17, 15) is 8.42 Å². The van der Waals surface area contributed by atoms with E-state index in [0.717, 1.165) is 24.2 Å². The van der Waals surface area contributed by atoms with E-state index in [1.807, 2.05) is 16.8 Å². The molecule has 0 radical (unpaired) electrons. The Balaban J connectivity index is 2.44. The number of nitrogens with one attached hydrogen (secondary N) is 1. The predicted octanol–water partition coefficient (Wildman–Crippen LogP) is 1.25. The lowest BCUT2D eigenvalue weighted by Crippen LogP contribution is -2.31. The lowest BCUT2D eigenvalue weighted by Gasteiger charge is -2.18. The van der Waals surface area contributed by atoms with Crippen LogP contribution in [0.1, 0.15) is 30.6 Å². The van der Waals surface area contributed by atoms with E-state index in [2.05, 4.69) is 17.4 Å². The lowest BCUT2D eigenvalue weighted by molar-refractivity contribution is 0.520. The number of nitrogens with two attached hydrogens (primary N) is 1. The largest absolute Gasteiger partial charge is 0.271 e. The molecule has 0 aliphatic rings. The molecule has 2 rings (SSSR count). The summed E-state index contributed by atoms with van der Waals surface area (Å²) in [5.74, 6) is 5.68. The fraction of sp³-hybridized carbons (Fsp3) is 0.357. The fourth-order valence-corrected chi connectivity index (χ4v) is 2.94. The van der Waals surface area contributed by atoms with Crippen LogP contribution in [0.4, 0.5) is 0 Å². The topological polar surface area (TPSA) is 90.0 Å². The summed E-state index contributed by atoms with van der Waals surface area (Å²) in [4.78, 5) is 0.279. The molecule has 0 aliphatic carbocycles. The zero-order valence-corrected chi connectivity index (χ0v) is 13.0. The van der Waals surface area contributed by atoms with E-state index in [0.29, 0.717) is 0 Å². The van der Waals surface area contributed by atoms with Gasteiger partial charge >= 0.3 is 0 Å². The number of nitrogens with zero attached hydrogens (tertiary/aromatic N) is 2. The normalized spacial score (nSPS) is 13.3. The highest BCUT2D eigenvalue weighted by Crippen LogP contribution is 2.23. The number of benzene rings is 1. The zero-order valence-electron chi connectivity index (χ0n) is 12.2. The molecular formula is C14H20N4O2S. The highest BCUT2D eigenvalue weighted by molar-refractivity contribution is 7.90. The van der Waals surface area contributed by atoms with Gasteiger partial charge in [-0.1, -0.05) is 19.1 Å². The molecule has 1 aromatic carbocycles. The third-order valence-corrected chi connectivity index (χ3v) is 4.38. The summed E-state index contributed by atoms with van der Waals surface area (Å²) in [6.07, 6.45) is 3.86. The van der Waals surface area contributed by atoms with E-state index in [-0.39, 0.29) is 10.9 Å². The number of aromatic nitrogens is 2. The monoisotopic (exact) mass is 308 g/mol. The van der Waals surface area contributed by atoms with Crippen LogP contribution in [0.3, 0.4) is 0 Å². The summed E-state index contributed by atoms with van der Waals surface area (Å²) in [6, 6.07) is 8.37. The maximum atomic E-state index is 11.7. The molecule has 1 heterocycles. The van der Waals surface area contributed by atoms with Crippen molar-refractivity contribution in [2.24, 2.45) is 5.84 Å². The number of hydrazine groups is 1. The summed E-state index contributed by atoms with van der Waals surface area (Å²) in [7, 11) is -3.25. The molecule has 0 bridgehead atoms. The third kappa shape index (κ3) is 3.49. The molecule has 114 valence electrons. The van der Waals surface area contributed by atoms with Crippen molar-refractivity contribution in [3.63, 3.8) is 0 Å². The Labute approximate surface area is 124 Å². The van der Waals surface area contributed by atoms with Crippen molar-refractivity contribution in [3.05, 3.63) is 47.8 Å². The fourth-order valence-electron chi connectivity index (χ4n) is 2.26.